The van der Waals surface area contributed by atoms with E-state index in [2.05, 4.69) is 0 Å². The molecule has 4 heteroatoms. The minimum absolute atomic E-state index is 0.0523. The first kappa shape index (κ1) is 18.6. The maximum absolute atomic E-state index is 12.8. The predicted octanol–water partition coefficient (Wildman–Crippen LogP) is 4.47. The molecular weight excluding hydrogens is 314 g/mol. The average Bonchev–Trinajstić information content (AvgIpc) is 2.61. The van der Waals surface area contributed by atoms with Crippen LogP contribution in [-0.4, -0.2) is 26.7 Å². The highest BCUT2D eigenvalue weighted by atomic mass is 16.5. The molecule has 0 N–H and O–H groups in total. The minimum Gasteiger partial charge on any atom is -0.497 e. The Morgan fingerprint density at radius 1 is 1.12 bits per heavy atom. The number of likely N-dealkylation sites (N-methyl/N-ethyl adjacent to an activating group) is 1. The number of hydrogen-bond acceptors (Lipinski definition) is 3. The number of aryl methyl sites for hydroxylation is 1. The van der Waals surface area contributed by atoms with Crippen molar-refractivity contribution in [2.75, 3.05) is 25.7 Å². The molecule has 0 saturated carbocycles. The van der Waals surface area contributed by atoms with E-state index >= 15 is 0 Å². The van der Waals surface area contributed by atoms with Crippen molar-refractivity contribution in [2.45, 2.75) is 20.8 Å². The number of rotatable bonds is 6. The monoisotopic (exact) mass is 339 g/mol. The van der Waals surface area contributed by atoms with Crippen molar-refractivity contribution in [3.8, 4) is 11.5 Å². The summed E-state index contributed by atoms with van der Waals surface area (Å²) in [6.45, 7) is 6.50. The van der Waals surface area contributed by atoms with E-state index in [0.717, 1.165) is 28.1 Å². The number of ether oxygens (including phenoxy) is 2. The molecule has 0 spiro atoms. The van der Waals surface area contributed by atoms with Gasteiger partial charge in [-0.3, -0.25) is 4.79 Å². The van der Waals surface area contributed by atoms with Gasteiger partial charge in [0.05, 0.1) is 14.2 Å². The van der Waals surface area contributed by atoms with Gasteiger partial charge in [-0.05, 0) is 56.2 Å². The van der Waals surface area contributed by atoms with Crippen LogP contribution in [0.3, 0.4) is 0 Å². The molecule has 0 aliphatic rings. The van der Waals surface area contributed by atoms with Gasteiger partial charge in [0.15, 0.2) is 0 Å². The Kier molecular flexibility index (Phi) is 6.23. The third-order valence-corrected chi connectivity index (χ3v) is 4.07. The second kappa shape index (κ2) is 8.38. The summed E-state index contributed by atoms with van der Waals surface area (Å²) in [7, 11) is 3.22. The van der Waals surface area contributed by atoms with Gasteiger partial charge in [-0.15, -0.1) is 0 Å². The summed E-state index contributed by atoms with van der Waals surface area (Å²) < 4.78 is 10.7. The summed E-state index contributed by atoms with van der Waals surface area (Å²) in [5.74, 6) is 1.35. The van der Waals surface area contributed by atoms with Gasteiger partial charge in [0, 0.05) is 29.9 Å². The summed E-state index contributed by atoms with van der Waals surface area (Å²) in [6.07, 6.45) is 1.65. The van der Waals surface area contributed by atoms with Crippen LogP contribution in [0.1, 0.15) is 25.0 Å². The van der Waals surface area contributed by atoms with Crippen LogP contribution in [0.4, 0.5) is 5.69 Å². The Morgan fingerprint density at radius 3 is 2.48 bits per heavy atom. The summed E-state index contributed by atoms with van der Waals surface area (Å²) in [6, 6.07) is 13.5. The SMILES string of the molecule is CCN(C(=O)/C=C(\C)c1ccc(OC)cc1OC)c1cccc(C)c1. The highest BCUT2D eigenvalue weighted by Crippen LogP contribution is 2.30. The first-order chi connectivity index (χ1) is 12.0. The van der Waals surface area contributed by atoms with E-state index in [1.54, 1.807) is 25.2 Å². The summed E-state index contributed by atoms with van der Waals surface area (Å²) in [4.78, 5) is 14.5. The van der Waals surface area contributed by atoms with Crippen LogP contribution in [-0.2, 0) is 4.79 Å². The van der Waals surface area contributed by atoms with E-state index in [-0.39, 0.29) is 5.91 Å². The van der Waals surface area contributed by atoms with Gasteiger partial charge in [-0.2, -0.15) is 0 Å². The van der Waals surface area contributed by atoms with E-state index in [1.807, 2.05) is 63.2 Å². The topological polar surface area (TPSA) is 38.8 Å². The molecule has 25 heavy (non-hydrogen) atoms. The molecule has 0 unspecified atom stereocenters. The van der Waals surface area contributed by atoms with Crippen LogP contribution in [0.15, 0.2) is 48.5 Å². The largest absolute Gasteiger partial charge is 0.497 e. The lowest BCUT2D eigenvalue weighted by Crippen LogP contribution is -2.29. The molecule has 4 nitrogen and oxygen atoms in total. The summed E-state index contributed by atoms with van der Waals surface area (Å²) in [5, 5.41) is 0. The van der Waals surface area contributed by atoms with E-state index in [1.165, 1.54) is 0 Å². The van der Waals surface area contributed by atoms with E-state index < -0.39 is 0 Å². The minimum atomic E-state index is -0.0523. The fourth-order valence-corrected chi connectivity index (χ4v) is 2.73. The number of benzene rings is 2. The lowest BCUT2D eigenvalue weighted by Gasteiger charge is -2.20. The number of allylic oxidation sites excluding steroid dienone is 1. The van der Waals surface area contributed by atoms with Gasteiger partial charge in [-0.1, -0.05) is 12.1 Å². The zero-order valence-electron chi connectivity index (χ0n) is 15.5. The molecule has 0 saturated heterocycles. The molecule has 1 amide bonds. The Labute approximate surface area is 149 Å². The molecule has 0 atom stereocenters. The summed E-state index contributed by atoms with van der Waals surface area (Å²) >= 11 is 0. The zero-order valence-corrected chi connectivity index (χ0v) is 15.5. The van der Waals surface area contributed by atoms with Crippen molar-refractivity contribution in [1.29, 1.82) is 0 Å². The van der Waals surface area contributed by atoms with Crippen LogP contribution < -0.4 is 14.4 Å². The van der Waals surface area contributed by atoms with Crippen molar-refractivity contribution >= 4 is 17.2 Å². The second-order valence-corrected chi connectivity index (χ2v) is 5.82. The van der Waals surface area contributed by atoms with E-state index in [9.17, 15) is 4.79 Å². The maximum atomic E-state index is 12.8. The molecule has 0 aromatic heterocycles. The van der Waals surface area contributed by atoms with Gasteiger partial charge in [-0.25, -0.2) is 0 Å². The Bertz CT molecular complexity index is 780. The van der Waals surface area contributed by atoms with Crippen molar-refractivity contribution in [3.05, 3.63) is 59.7 Å². The fraction of sp³-hybridized carbons (Fsp3) is 0.286. The quantitative estimate of drug-likeness (QED) is 0.729. The molecule has 0 radical (unpaired) electrons. The Hall–Kier alpha value is -2.75. The number of carbonyl (C=O) groups is 1. The number of methoxy groups -OCH3 is 2. The molecular formula is C21H25NO3. The van der Waals surface area contributed by atoms with Crippen LogP contribution in [0.2, 0.25) is 0 Å². The molecule has 132 valence electrons. The highest BCUT2D eigenvalue weighted by Gasteiger charge is 2.14. The third-order valence-electron chi connectivity index (χ3n) is 4.07. The smallest absolute Gasteiger partial charge is 0.251 e. The predicted molar refractivity (Wildman–Crippen MR) is 102 cm³/mol. The van der Waals surface area contributed by atoms with Crippen molar-refractivity contribution in [2.24, 2.45) is 0 Å². The van der Waals surface area contributed by atoms with Gasteiger partial charge >= 0.3 is 0 Å². The molecule has 2 aromatic carbocycles. The number of amides is 1. The van der Waals surface area contributed by atoms with Crippen molar-refractivity contribution in [1.82, 2.24) is 0 Å². The van der Waals surface area contributed by atoms with Gasteiger partial charge in [0.1, 0.15) is 11.5 Å². The normalized spacial score (nSPS) is 11.2. The van der Waals surface area contributed by atoms with Crippen LogP contribution >= 0.6 is 0 Å². The first-order valence-corrected chi connectivity index (χ1v) is 8.29. The lowest BCUT2D eigenvalue weighted by molar-refractivity contribution is -0.114. The maximum Gasteiger partial charge on any atom is 0.251 e. The molecule has 0 bridgehead atoms. The van der Waals surface area contributed by atoms with Crippen LogP contribution in [0, 0.1) is 6.92 Å². The molecule has 2 rings (SSSR count). The molecule has 0 aliphatic heterocycles. The van der Waals surface area contributed by atoms with Crippen molar-refractivity contribution < 1.29 is 14.3 Å². The van der Waals surface area contributed by atoms with E-state index in [4.69, 9.17) is 9.47 Å². The average molecular weight is 339 g/mol. The molecule has 0 fully saturated rings. The van der Waals surface area contributed by atoms with Gasteiger partial charge in [0.25, 0.3) is 5.91 Å². The Morgan fingerprint density at radius 2 is 1.88 bits per heavy atom. The van der Waals surface area contributed by atoms with Gasteiger partial charge in [0.2, 0.25) is 0 Å². The second-order valence-electron chi connectivity index (χ2n) is 5.82. The Balaban J connectivity index is 2.33. The van der Waals surface area contributed by atoms with E-state index in [0.29, 0.717) is 12.3 Å². The highest BCUT2D eigenvalue weighted by molar-refractivity contribution is 6.05. The molecule has 2 aromatic rings. The zero-order chi connectivity index (χ0) is 18.4. The standard InChI is InChI=1S/C21H25NO3/c1-6-22(17-9-7-8-15(2)12-17)21(23)13-16(3)19-11-10-18(24-4)14-20(19)25-5/h7-14H,6H2,1-5H3/b16-13+. The number of anilines is 1. The summed E-state index contributed by atoms with van der Waals surface area (Å²) in [5.41, 5.74) is 3.74. The number of hydrogen-bond donors (Lipinski definition) is 0. The van der Waals surface area contributed by atoms with Crippen LogP contribution in [0.5, 0.6) is 11.5 Å². The number of carbonyl (C=O) groups excluding carboxylic acids is 1. The fourth-order valence-electron chi connectivity index (χ4n) is 2.73. The lowest BCUT2D eigenvalue weighted by atomic mass is 10.1. The van der Waals surface area contributed by atoms with Gasteiger partial charge < -0.3 is 14.4 Å². The van der Waals surface area contributed by atoms with Crippen molar-refractivity contribution in [3.63, 3.8) is 0 Å². The third kappa shape index (κ3) is 4.41. The first-order valence-electron chi connectivity index (χ1n) is 8.29. The number of nitrogens with zero attached hydrogens (tertiary/aromatic N) is 1. The van der Waals surface area contributed by atoms with Crippen LogP contribution in [0.25, 0.3) is 5.57 Å². The molecule has 0 heterocycles. The molecule has 0 aliphatic carbocycles.